The topological polar surface area (TPSA) is 9.23 Å². The number of allylic oxidation sites excluding steroid dienone is 2. The molecule has 0 bridgehead atoms. The molecule has 3 aromatic carbocycles. The number of rotatable bonds is 8. The molecule has 1 nitrogen and oxygen atoms in total. The summed E-state index contributed by atoms with van der Waals surface area (Å²) in [5.74, 6) is 5.13. The highest BCUT2D eigenvalue weighted by atomic mass is 19.3. The Labute approximate surface area is 216 Å². The van der Waals surface area contributed by atoms with Crippen LogP contribution >= 0.6 is 0 Å². The summed E-state index contributed by atoms with van der Waals surface area (Å²) in [5.41, 5.74) is 1.64. The van der Waals surface area contributed by atoms with Gasteiger partial charge in [-0.2, -0.15) is 8.78 Å². The molecule has 0 heterocycles. The smallest absolute Gasteiger partial charge is 0.387 e. The predicted molar refractivity (Wildman–Crippen MR) is 141 cm³/mol. The Balaban J connectivity index is 1.37. The largest absolute Gasteiger partial charge is 0.432 e. The van der Waals surface area contributed by atoms with Gasteiger partial charge in [-0.25, -0.2) is 8.78 Å². The van der Waals surface area contributed by atoms with Crippen LogP contribution in [0.5, 0.6) is 5.75 Å². The average molecular weight is 509 g/mol. The zero-order valence-electron chi connectivity index (χ0n) is 21.1. The molecule has 0 saturated heterocycles. The molecule has 0 aliphatic heterocycles. The van der Waals surface area contributed by atoms with Crippen LogP contribution in [-0.2, 0) is 6.42 Å². The molecule has 194 valence electrons. The summed E-state index contributed by atoms with van der Waals surface area (Å²) in [7, 11) is 0. The van der Waals surface area contributed by atoms with E-state index in [-0.39, 0.29) is 11.1 Å². The van der Waals surface area contributed by atoms with Crippen molar-refractivity contribution in [3.8, 4) is 17.6 Å². The molecule has 0 atom stereocenters. The maximum absolute atomic E-state index is 15.1. The molecule has 3 aromatic rings. The van der Waals surface area contributed by atoms with Crippen molar-refractivity contribution in [1.82, 2.24) is 0 Å². The van der Waals surface area contributed by atoms with E-state index < -0.39 is 24.0 Å². The van der Waals surface area contributed by atoms with E-state index in [1.807, 2.05) is 12.1 Å². The molecule has 1 saturated carbocycles. The summed E-state index contributed by atoms with van der Waals surface area (Å²) >= 11 is 0. The van der Waals surface area contributed by atoms with E-state index in [0.29, 0.717) is 5.39 Å². The van der Waals surface area contributed by atoms with Gasteiger partial charge in [0.25, 0.3) is 0 Å². The second-order valence-corrected chi connectivity index (χ2v) is 9.83. The van der Waals surface area contributed by atoms with Gasteiger partial charge in [0.15, 0.2) is 11.6 Å². The number of halogens is 4. The molecule has 0 unspecified atom stereocenters. The maximum atomic E-state index is 15.1. The quantitative estimate of drug-likeness (QED) is 0.167. The molecular weight excluding hydrogens is 476 g/mol. The van der Waals surface area contributed by atoms with Crippen molar-refractivity contribution in [2.75, 3.05) is 0 Å². The molecule has 0 radical (unpaired) electrons. The van der Waals surface area contributed by atoms with Gasteiger partial charge >= 0.3 is 6.61 Å². The normalized spacial score (nSPS) is 17.8. The first-order valence-electron chi connectivity index (χ1n) is 13.0. The Kier molecular flexibility index (Phi) is 9.28. The second-order valence-electron chi connectivity index (χ2n) is 9.83. The van der Waals surface area contributed by atoms with Crippen LogP contribution in [0, 0.1) is 35.3 Å². The van der Waals surface area contributed by atoms with Crippen LogP contribution in [0.25, 0.3) is 10.8 Å². The van der Waals surface area contributed by atoms with E-state index in [0.717, 1.165) is 42.2 Å². The lowest BCUT2D eigenvalue weighted by Gasteiger charge is -2.28. The minimum absolute atomic E-state index is 0.194. The van der Waals surface area contributed by atoms with Crippen molar-refractivity contribution in [2.45, 2.75) is 64.9 Å². The Bertz CT molecular complexity index is 1290. The van der Waals surface area contributed by atoms with Crippen LogP contribution in [-0.4, -0.2) is 6.61 Å². The highest BCUT2D eigenvalue weighted by Crippen LogP contribution is 2.34. The summed E-state index contributed by atoms with van der Waals surface area (Å²) in [6.45, 7) is -1.04. The molecule has 0 aromatic heterocycles. The van der Waals surface area contributed by atoms with Crippen LogP contribution in [0.15, 0.2) is 60.7 Å². The number of benzene rings is 3. The van der Waals surface area contributed by atoms with Crippen molar-refractivity contribution < 1.29 is 22.3 Å². The summed E-state index contributed by atoms with van der Waals surface area (Å²) in [4.78, 5) is 0. The van der Waals surface area contributed by atoms with Crippen molar-refractivity contribution in [1.29, 1.82) is 0 Å². The lowest BCUT2D eigenvalue weighted by Crippen LogP contribution is -2.15. The van der Waals surface area contributed by atoms with Crippen molar-refractivity contribution in [3.63, 3.8) is 0 Å². The number of alkyl halides is 2. The Hall–Kier alpha value is -3.26. The Morgan fingerprint density at radius 3 is 2.38 bits per heavy atom. The zero-order chi connectivity index (χ0) is 26.2. The maximum Gasteiger partial charge on any atom is 0.387 e. The molecule has 1 aliphatic carbocycles. The van der Waals surface area contributed by atoms with Crippen LogP contribution in [0.2, 0.25) is 0 Å². The third-order valence-corrected chi connectivity index (χ3v) is 7.29. The van der Waals surface area contributed by atoms with Crippen LogP contribution in [0.4, 0.5) is 17.6 Å². The number of hydrogen-bond donors (Lipinski definition) is 0. The monoisotopic (exact) mass is 508 g/mol. The zero-order valence-corrected chi connectivity index (χ0v) is 21.1. The van der Waals surface area contributed by atoms with Crippen molar-refractivity contribution in [3.05, 3.63) is 89.0 Å². The first-order valence-corrected chi connectivity index (χ1v) is 13.0. The molecule has 37 heavy (non-hydrogen) atoms. The van der Waals surface area contributed by atoms with E-state index >= 15 is 4.39 Å². The van der Waals surface area contributed by atoms with Gasteiger partial charge in [0, 0.05) is 10.9 Å². The molecule has 0 N–H and O–H groups in total. The molecule has 0 amide bonds. The fraction of sp³-hybridized carbons (Fsp3) is 0.375. The SMILES string of the molecule is C/C=C/CCC1CCC(CCc2ccc3c(F)c(C#Cc4ccc(OC(F)F)c(F)c4)ccc3c2)CC1. The van der Waals surface area contributed by atoms with Crippen LogP contribution in [0.3, 0.4) is 0 Å². The van der Waals surface area contributed by atoms with E-state index in [4.69, 9.17) is 0 Å². The Morgan fingerprint density at radius 1 is 0.919 bits per heavy atom. The predicted octanol–water partition coefficient (Wildman–Crippen LogP) is 9.21. The van der Waals surface area contributed by atoms with Gasteiger partial charge in [-0.1, -0.05) is 73.9 Å². The molecule has 5 heteroatoms. The van der Waals surface area contributed by atoms with E-state index in [1.165, 1.54) is 50.2 Å². The highest BCUT2D eigenvalue weighted by Gasteiger charge is 2.20. The van der Waals surface area contributed by atoms with Gasteiger partial charge in [0.1, 0.15) is 5.82 Å². The average Bonchev–Trinajstić information content (AvgIpc) is 2.89. The van der Waals surface area contributed by atoms with Gasteiger partial charge < -0.3 is 4.74 Å². The number of ether oxygens (including phenoxy) is 1. The number of aryl methyl sites for hydroxylation is 1. The van der Waals surface area contributed by atoms with Crippen molar-refractivity contribution in [2.24, 2.45) is 11.8 Å². The third-order valence-electron chi connectivity index (χ3n) is 7.29. The van der Waals surface area contributed by atoms with Gasteiger partial charge in [0.05, 0.1) is 5.56 Å². The molecule has 1 fully saturated rings. The van der Waals surface area contributed by atoms with Crippen molar-refractivity contribution >= 4 is 10.8 Å². The van der Waals surface area contributed by atoms with E-state index in [9.17, 15) is 13.2 Å². The molecule has 4 rings (SSSR count). The van der Waals surface area contributed by atoms with Gasteiger partial charge in [-0.05, 0) is 79.7 Å². The fourth-order valence-corrected chi connectivity index (χ4v) is 5.18. The minimum Gasteiger partial charge on any atom is -0.432 e. The number of hydrogen-bond acceptors (Lipinski definition) is 1. The van der Waals surface area contributed by atoms with E-state index in [2.05, 4.69) is 41.7 Å². The van der Waals surface area contributed by atoms with Gasteiger partial charge in [-0.15, -0.1) is 0 Å². The van der Waals surface area contributed by atoms with Crippen LogP contribution in [0.1, 0.15) is 68.6 Å². The third kappa shape index (κ3) is 7.38. The van der Waals surface area contributed by atoms with E-state index in [1.54, 1.807) is 12.1 Å². The summed E-state index contributed by atoms with van der Waals surface area (Å²) in [6.07, 6.45) is 14.3. The minimum atomic E-state index is -3.11. The Morgan fingerprint density at radius 2 is 1.68 bits per heavy atom. The number of fused-ring (bicyclic) bond motifs is 1. The first-order chi connectivity index (χ1) is 17.9. The summed E-state index contributed by atoms with van der Waals surface area (Å²) < 4.78 is 57.7. The lowest BCUT2D eigenvalue weighted by atomic mass is 9.78. The highest BCUT2D eigenvalue weighted by molar-refractivity contribution is 5.85. The fourth-order valence-electron chi connectivity index (χ4n) is 5.18. The summed E-state index contributed by atoms with van der Waals surface area (Å²) in [5, 5.41) is 1.32. The standard InChI is InChI=1S/C32H32F4O/c1-2-3-4-5-22-6-8-23(9-7-22)10-11-24-13-18-28-27(20-24)17-16-26(31(28)34)15-12-25-14-19-30(29(33)21-25)37-32(35)36/h2-3,13-14,16-23,32H,4-11H2,1H3/b3-2+. The molecular formula is C32H32F4O. The first kappa shape index (κ1) is 26.8. The second kappa shape index (κ2) is 12.8. The molecule has 1 aliphatic rings. The van der Waals surface area contributed by atoms with Crippen LogP contribution < -0.4 is 4.74 Å². The summed E-state index contributed by atoms with van der Waals surface area (Å²) in [6, 6.07) is 12.7. The van der Waals surface area contributed by atoms with Gasteiger partial charge in [0.2, 0.25) is 0 Å². The lowest BCUT2D eigenvalue weighted by molar-refractivity contribution is -0.0521. The molecule has 0 spiro atoms. The van der Waals surface area contributed by atoms with Gasteiger partial charge in [-0.3, -0.25) is 0 Å².